The van der Waals surface area contributed by atoms with Gasteiger partial charge < -0.3 is 0 Å². The van der Waals surface area contributed by atoms with Crippen molar-refractivity contribution in [2.45, 2.75) is 0 Å². The molecule has 0 saturated heterocycles. The van der Waals surface area contributed by atoms with Gasteiger partial charge in [0.15, 0.2) is 0 Å². The Morgan fingerprint density at radius 2 is 1.70 bits per heavy atom. The molecule has 0 saturated carbocycles. The largest absolute Gasteiger partial charge is 0.277 e. The van der Waals surface area contributed by atoms with Gasteiger partial charge in [0.1, 0.15) is 5.69 Å². The van der Waals surface area contributed by atoms with E-state index in [1.165, 1.54) is 12.1 Å². The number of anilines is 1. The maximum absolute atomic E-state index is 10.9. The Hall–Kier alpha value is -3.97. The molecule has 1 heterocycles. The first-order valence-corrected chi connectivity index (χ1v) is 9.43. The number of nitro groups is 1. The molecule has 0 fully saturated rings. The van der Waals surface area contributed by atoms with Crippen molar-refractivity contribution in [3.8, 4) is 16.9 Å². The van der Waals surface area contributed by atoms with Crippen molar-refractivity contribution >= 4 is 29.2 Å². The van der Waals surface area contributed by atoms with E-state index in [4.69, 9.17) is 11.6 Å². The number of nitro benzene ring substituents is 1. The lowest BCUT2D eigenvalue weighted by Gasteiger charge is -2.02. The summed E-state index contributed by atoms with van der Waals surface area (Å²) in [5.74, 6) is 0. The lowest BCUT2D eigenvalue weighted by atomic mass is 10.1. The fraction of sp³-hybridized carbons (Fsp3) is 0. The van der Waals surface area contributed by atoms with E-state index in [1.54, 1.807) is 29.1 Å². The molecule has 148 valence electrons. The van der Waals surface area contributed by atoms with Crippen LogP contribution in [-0.4, -0.2) is 20.9 Å². The normalized spacial score (nSPS) is 11.0. The number of rotatable bonds is 6. The van der Waals surface area contributed by atoms with Crippen molar-refractivity contribution < 1.29 is 4.92 Å². The van der Waals surface area contributed by atoms with Gasteiger partial charge in [-0.3, -0.25) is 15.5 Å². The Bertz CT molecular complexity index is 1200. The Morgan fingerprint density at radius 3 is 2.40 bits per heavy atom. The number of para-hydroxylation sites is 1. The third-order valence-electron chi connectivity index (χ3n) is 4.38. The standard InChI is InChI=1S/C22H16ClN5O2/c23-20-8-4-5-9-21(20)25-24-14-17-15-27(18-10-12-19(13-11-18)28(29)30)26-22(17)16-6-2-1-3-7-16/h1-15,25H/b24-14-. The number of nitrogens with one attached hydrogen (secondary N) is 1. The van der Waals surface area contributed by atoms with Gasteiger partial charge in [0.05, 0.1) is 27.5 Å². The molecule has 7 nitrogen and oxygen atoms in total. The van der Waals surface area contributed by atoms with Gasteiger partial charge >= 0.3 is 0 Å². The zero-order chi connectivity index (χ0) is 20.9. The highest BCUT2D eigenvalue weighted by Crippen LogP contribution is 2.24. The minimum atomic E-state index is -0.430. The average molecular weight is 418 g/mol. The topological polar surface area (TPSA) is 85.3 Å². The van der Waals surface area contributed by atoms with Crippen molar-refractivity contribution in [1.29, 1.82) is 0 Å². The maximum atomic E-state index is 10.9. The molecular weight excluding hydrogens is 402 g/mol. The molecule has 3 aromatic carbocycles. The second-order valence-electron chi connectivity index (χ2n) is 6.37. The van der Waals surface area contributed by atoms with Crippen LogP contribution in [0.1, 0.15) is 5.56 Å². The average Bonchev–Trinajstić information content (AvgIpc) is 3.20. The number of non-ortho nitro benzene ring substituents is 1. The highest BCUT2D eigenvalue weighted by Gasteiger charge is 2.12. The van der Waals surface area contributed by atoms with Crippen molar-refractivity contribution in [1.82, 2.24) is 9.78 Å². The third kappa shape index (κ3) is 4.21. The molecule has 30 heavy (non-hydrogen) atoms. The van der Waals surface area contributed by atoms with Gasteiger partial charge in [-0.05, 0) is 24.3 Å². The lowest BCUT2D eigenvalue weighted by Crippen LogP contribution is -1.95. The number of hydrazone groups is 1. The van der Waals surface area contributed by atoms with E-state index < -0.39 is 4.92 Å². The van der Waals surface area contributed by atoms with Crippen LogP contribution in [0, 0.1) is 10.1 Å². The number of hydrogen-bond acceptors (Lipinski definition) is 5. The fourth-order valence-electron chi connectivity index (χ4n) is 2.88. The fourth-order valence-corrected chi connectivity index (χ4v) is 3.06. The predicted octanol–water partition coefficient (Wildman–Crippen LogP) is 5.55. The number of halogens is 1. The monoisotopic (exact) mass is 417 g/mol. The Morgan fingerprint density at radius 1 is 1.00 bits per heavy atom. The number of benzene rings is 3. The van der Waals surface area contributed by atoms with Crippen LogP contribution in [0.3, 0.4) is 0 Å². The van der Waals surface area contributed by atoms with Crippen molar-refractivity contribution in [3.63, 3.8) is 0 Å². The number of hydrogen-bond donors (Lipinski definition) is 1. The molecule has 0 spiro atoms. The van der Waals surface area contributed by atoms with E-state index in [9.17, 15) is 10.1 Å². The quantitative estimate of drug-likeness (QED) is 0.253. The molecule has 0 amide bonds. The van der Waals surface area contributed by atoms with Gasteiger partial charge in [-0.15, -0.1) is 0 Å². The van der Waals surface area contributed by atoms with E-state index >= 15 is 0 Å². The van der Waals surface area contributed by atoms with Crippen molar-refractivity contribution in [3.05, 3.63) is 106 Å². The molecule has 0 aliphatic rings. The molecule has 4 rings (SSSR count). The van der Waals surface area contributed by atoms with Crippen LogP contribution in [0.4, 0.5) is 11.4 Å². The molecular formula is C22H16ClN5O2. The second kappa shape index (κ2) is 8.59. The van der Waals surface area contributed by atoms with Crippen LogP contribution in [0.2, 0.25) is 5.02 Å². The van der Waals surface area contributed by atoms with Crippen molar-refractivity contribution in [2.24, 2.45) is 5.10 Å². The summed E-state index contributed by atoms with van der Waals surface area (Å²) in [6, 6.07) is 23.3. The summed E-state index contributed by atoms with van der Waals surface area (Å²) in [4.78, 5) is 10.5. The molecule has 0 radical (unpaired) electrons. The lowest BCUT2D eigenvalue weighted by molar-refractivity contribution is -0.384. The molecule has 0 aliphatic carbocycles. The molecule has 0 bridgehead atoms. The molecule has 0 aliphatic heterocycles. The van der Waals surface area contributed by atoms with Crippen molar-refractivity contribution in [2.75, 3.05) is 5.43 Å². The summed E-state index contributed by atoms with van der Waals surface area (Å²) in [6.07, 6.45) is 3.49. The summed E-state index contributed by atoms with van der Waals surface area (Å²) in [5, 5.41) is 20.4. The highest BCUT2D eigenvalue weighted by molar-refractivity contribution is 6.33. The minimum Gasteiger partial charge on any atom is -0.277 e. The molecule has 0 atom stereocenters. The van der Waals surface area contributed by atoms with Gasteiger partial charge in [-0.1, -0.05) is 54.1 Å². The van der Waals surface area contributed by atoms with E-state index in [2.05, 4.69) is 15.6 Å². The van der Waals surface area contributed by atoms with Gasteiger partial charge in [0.2, 0.25) is 0 Å². The third-order valence-corrected chi connectivity index (χ3v) is 4.71. The summed E-state index contributed by atoms with van der Waals surface area (Å²) in [7, 11) is 0. The van der Waals surface area contributed by atoms with Gasteiger partial charge in [-0.25, -0.2) is 4.68 Å². The van der Waals surface area contributed by atoms with Crippen LogP contribution < -0.4 is 5.43 Å². The zero-order valence-corrected chi connectivity index (χ0v) is 16.4. The summed E-state index contributed by atoms with van der Waals surface area (Å²) in [5.41, 5.74) is 6.80. The number of aromatic nitrogens is 2. The minimum absolute atomic E-state index is 0.0277. The predicted molar refractivity (Wildman–Crippen MR) is 118 cm³/mol. The second-order valence-corrected chi connectivity index (χ2v) is 6.77. The highest BCUT2D eigenvalue weighted by atomic mass is 35.5. The van der Waals surface area contributed by atoms with E-state index in [-0.39, 0.29) is 5.69 Å². The summed E-state index contributed by atoms with van der Waals surface area (Å²) < 4.78 is 1.67. The SMILES string of the molecule is O=[N+]([O-])c1ccc(-n2cc(/C=N\Nc3ccccc3Cl)c(-c3ccccc3)n2)cc1. The molecule has 1 N–H and O–H groups in total. The van der Waals surface area contributed by atoms with E-state index in [1.807, 2.05) is 54.7 Å². The Kier molecular flexibility index (Phi) is 5.54. The molecule has 4 aromatic rings. The van der Waals surface area contributed by atoms with Crippen LogP contribution >= 0.6 is 11.6 Å². The van der Waals surface area contributed by atoms with Crippen LogP contribution in [-0.2, 0) is 0 Å². The first kappa shape index (κ1) is 19.4. The van der Waals surface area contributed by atoms with Gasteiger partial charge in [0.25, 0.3) is 5.69 Å². The summed E-state index contributed by atoms with van der Waals surface area (Å²) in [6.45, 7) is 0. The number of nitrogens with zero attached hydrogens (tertiary/aromatic N) is 4. The first-order valence-electron chi connectivity index (χ1n) is 9.05. The first-order chi connectivity index (χ1) is 14.6. The zero-order valence-electron chi connectivity index (χ0n) is 15.6. The molecule has 8 heteroatoms. The molecule has 1 aromatic heterocycles. The van der Waals surface area contributed by atoms with E-state index in [0.29, 0.717) is 16.4 Å². The van der Waals surface area contributed by atoms with Gasteiger partial charge in [0, 0.05) is 29.5 Å². The van der Waals surface area contributed by atoms with Crippen LogP contribution in [0.25, 0.3) is 16.9 Å². The Labute approximate surface area is 177 Å². The Balaban J connectivity index is 1.68. The van der Waals surface area contributed by atoms with E-state index in [0.717, 1.165) is 16.8 Å². The maximum Gasteiger partial charge on any atom is 0.269 e. The van der Waals surface area contributed by atoms with Gasteiger partial charge in [-0.2, -0.15) is 10.2 Å². The van der Waals surface area contributed by atoms with Crippen LogP contribution in [0.15, 0.2) is 90.2 Å². The molecule has 0 unspecified atom stereocenters. The summed E-state index contributed by atoms with van der Waals surface area (Å²) >= 11 is 6.15. The smallest absolute Gasteiger partial charge is 0.269 e. The van der Waals surface area contributed by atoms with Crippen LogP contribution in [0.5, 0.6) is 0 Å².